The molecule has 1 saturated carbocycles. The van der Waals surface area contributed by atoms with E-state index in [4.69, 9.17) is 33.7 Å². The van der Waals surface area contributed by atoms with Crippen LogP contribution < -0.4 is 16.4 Å². The van der Waals surface area contributed by atoms with Gasteiger partial charge in [-0.15, -0.1) is 0 Å². The van der Waals surface area contributed by atoms with Crippen molar-refractivity contribution in [2.24, 2.45) is 0 Å². The van der Waals surface area contributed by atoms with E-state index in [9.17, 15) is 9.59 Å². The number of piperazine rings is 1. The number of aromatic nitrogens is 2. The van der Waals surface area contributed by atoms with Crippen molar-refractivity contribution in [2.45, 2.75) is 76.5 Å². The second-order valence-corrected chi connectivity index (χ2v) is 12.3. The third kappa shape index (κ3) is 8.61. The number of nitrogen functional groups attached to an aromatic ring is 1. The summed E-state index contributed by atoms with van der Waals surface area (Å²) in [4.78, 5) is 36.2. The predicted molar refractivity (Wildman–Crippen MR) is 175 cm³/mol. The fraction of sp³-hybridized carbons (Fsp3) is 0.455. The summed E-state index contributed by atoms with van der Waals surface area (Å²) >= 11 is 12.6. The fourth-order valence-electron chi connectivity index (χ4n) is 5.80. The first-order valence-corrected chi connectivity index (χ1v) is 16.2. The number of carbonyl (C=O) groups excluding carboxylic acids is 2. The first kappa shape index (κ1) is 32.0. The molecule has 5 rings (SSSR count). The Morgan fingerprint density at radius 3 is 2.55 bits per heavy atom. The zero-order valence-corrected chi connectivity index (χ0v) is 26.4. The molecule has 1 aliphatic carbocycles. The van der Waals surface area contributed by atoms with Crippen LogP contribution in [0.4, 0.5) is 11.6 Å². The Kier molecular flexibility index (Phi) is 11.3. The van der Waals surface area contributed by atoms with Gasteiger partial charge >= 0.3 is 5.97 Å². The quantitative estimate of drug-likeness (QED) is 0.152. The number of hydrogen-bond acceptors (Lipinski definition) is 8. The lowest BCUT2D eigenvalue weighted by Gasteiger charge is -2.34. The molecule has 1 amide bonds. The molecule has 1 unspecified atom stereocenters. The molecular formula is C33H40Cl2N6O3. The van der Waals surface area contributed by atoms with Crippen LogP contribution in [0.15, 0.2) is 48.7 Å². The number of unbranched alkanes of at least 4 members (excludes halogenated alkanes) is 2. The van der Waals surface area contributed by atoms with Crippen molar-refractivity contribution in [1.29, 1.82) is 0 Å². The van der Waals surface area contributed by atoms with E-state index >= 15 is 0 Å². The summed E-state index contributed by atoms with van der Waals surface area (Å²) in [5, 5.41) is 7.83. The van der Waals surface area contributed by atoms with Crippen molar-refractivity contribution in [1.82, 2.24) is 20.2 Å². The number of carbonyl (C=O) groups is 2. The van der Waals surface area contributed by atoms with Gasteiger partial charge in [0.15, 0.2) is 11.6 Å². The third-order valence-corrected chi connectivity index (χ3v) is 9.01. The lowest BCUT2D eigenvalue weighted by Crippen LogP contribution is -2.52. The van der Waals surface area contributed by atoms with Crippen LogP contribution in [0.2, 0.25) is 10.0 Å². The molecule has 1 aromatic heterocycles. The monoisotopic (exact) mass is 638 g/mol. The maximum absolute atomic E-state index is 13.3. The summed E-state index contributed by atoms with van der Waals surface area (Å²) in [6, 6.07) is 13.0. The van der Waals surface area contributed by atoms with Crippen LogP contribution in [-0.2, 0) is 16.1 Å². The van der Waals surface area contributed by atoms with E-state index < -0.39 is 0 Å². The normalized spacial score (nSPS) is 17.0. The molecule has 3 aromatic rings. The molecule has 0 bridgehead atoms. The second kappa shape index (κ2) is 15.5. The van der Waals surface area contributed by atoms with E-state index in [0.717, 1.165) is 69.0 Å². The molecule has 44 heavy (non-hydrogen) atoms. The lowest BCUT2D eigenvalue weighted by molar-refractivity contribution is -0.148. The molecule has 1 saturated heterocycles. The molecule has 2 heterocycles. The first-order valence-electron chi connectivity index (χ1n) is 15.5. The van der Waals surface area contributed by atoms with E-state index in [0.29, 0.717) is 53.2 Å². The molecule has 4 N–H and O–H groups in total. The Morgan fingerprint density at radius 2 is 1.80 bits per heavy atom. The summed E-state index contributed by atoms with van der Waals surface area (Å²) < 4.78 is 5.55. The van der Waals surface area contributed by atoms with Gasteiger partial charge in [0.05, 0.1) is 11.9 Å². The Bertz CT molecular complexity index is 1410. The summed E-state index contributed by atoms with van der Waals surface area (Å²) in [7, 11) is 0. The molecule has 2 fully saturated rings. The van der Waals surface area contributed by atoms with Gasteiger partial charge in [-0.25, -0.2) is 9.97 Å². The van der Waals surface area contributed by atoms with Gasteiger partial charge in [0.25, 0.3) is 5.91 Å². The van der Waals surface area contributed by atoms with Crippen molar-refractivity contribution in [2.75, 3.05) is 30.7 Å². The molecule has 1 aliphatic heterocycles. The highest BCUT2D eigenvalue weighted by molar-refractivity contribution is 6.36. The SMILES string of the molecule is Nc1ncc(-c2ccc(C(=O)N3CCNC(CCCCCC(=O)OC4CCCC4)C3)cc2)nc1NCc1c(Cl)cccc1Cl. The highest BCUT2D eigenvalue weighted by atomic mass is 35.5. The number of nitrogens with zero attached hydrogens (tertiary/aromatic N) is 3. The number of amides is 1. The first-order chi connectivity index (χ1) is 21.4. The lowest BCUT2D eigenvalue weighted by atomic mass is 10.0. The smallest absolute Gasteiger partial charge is 0.306 e. The van der Waals surface area contributed by atoms with Gasteiger partial charge in [0.2, 0.25) is 0 Å². The minimum absolute atomic E-state index is 0.0140. The number of esters is 1. The van der Waals surface area contributed by atoms with Crippen molar-refractivity contribution in [3.8, 4) is 11.3 Å². The van der Waals surface area contributed by atoms with Gasteiger partial charge in [0.1, 0.15) is 6.10 Å². The Hall–Kier alpha value is -3.40. The average molecular weight is 640 g/mol. The van der Waals surface area contributed by atoms with E-state index in [2.05, 4.69) is 20.6 Å². The van der Waals surface area contributed by atoms with Gasteiger partial charge < -0.3 is 26.0 Å². The number of halogens is 2. The van der Waals surface area contributed by atoms with E-state index in [-0.39, 0.29) is 29.8 Å². The van der Waals surface area contributed by atoms with Gasteiger partial charge in [0, 0.05) is 65.4 Å². The molecule has 234 valence electrons. The van der Waals surface area contributed by atoms with E-state index in [1.54, 1.807) is 24.4 Å². The molecule has 2 aromatic carbocycles. The molecule has 2 aliphatic rings. The van der Waals surface area contributed by atoms with Crippen LogP contribution in [0.25, 0.3) is 11.3 Å². The van der Waals surface area contributed by atoms with E-state index in [1.807, 2.05) is 29.2 Å². The maximum atomic E-state index is 13.3. The van der Waals surface area contributed by atoms with Crippen molar-refractivity contribution >= 4 is 46.7 Å². The zero-order valence-electron chi connectivity index (χ0n) is 24.9. The number of hydrogen-bond donors (Lipinski definition) is 3. The summed E-state index contributed by atoms with van der Waals surface area (Å²) in [6.45, 7) is 2.43. The van der Waals surface area contributed by atoms with Gasteiger partial charge in [-0.1, -0.05) is 54.2 Å². The molecule has 1 atom stereocenters. The topological polar surface area (TPSA) is 122 Å². The largest absolute Gasteiger partial charge is 0.462 e. The second-order valence-electron chi connectivity index (χ2n) is 11.5. The van der Waals surface area contributed by atoms with E-state index in [1.165, 1.54) is 0 Å². The minimum atomic E-state index is -0.0604. The zero-order chi connectivity index (χ0) is 30.9. The molecule has 0 radical (unpaired) electrons. The third-order valence-electron chi connectivity index (χ3n) is 8.30. The number of rotatable bonds is 12. The number of benzene rings is 2. The number of ether oxygens (including phenoxy) is 1. The van der Waals surface area contributed by atoms with Crippen LogP contribution in [0, 0.1) is 0 Å². The highest BCUT2D eigenvalue weighted by Crippen LogP contribution is 2.27. The predicted octanol–water partition coefficient (Wildman–Crippen LogP) is 6.50. The Balaban J connectivity index is 1.10. The Morgan fingerprint density at radius 1 is 1.05 bits per heavy atom. The van der Waals surface area contributed by atoms with Gasteiger partial charge in [-0.05, 0) is 62.8 Å². The van der Waals surface area contributed by atoms with Crippen LogP contribution >= 0.6 is 23.2 Å². The number of anilines is 2. The van der Waals surface area contributed by atoms with Crippen LogP contribution in [0.1, 0.15) is 73.7 Å². The molecular weight excluding hydrogens is 599 g/mol. The van der Waals surface area contributed by atoms with Gasteiger partial charge in [-0.2, -0.15) is 0 Å². The van der Waals surface area contributed by atoms with Gasteiger partial charge in [-0.3, -0.25) is 9.59 Å². The van der Waals surface area contributed by atoms with Crippen molar-refractivity contribution in [3.05, 3.63) is 69.8 Å². The van der Waals surface area contributed by atoms with Crippen molar-refractivity contribution in [3.63, 3.8) is 0 Å². The fourth-order valence-corrected chi connectivity index (χ4v) is 6.33. The maximum Gasteiger partial charge on any atom is 0.306 e. The number of nitrogens with one attached hydrogen (secondary N) is 2. The number of nitrogens with two attached hydrogens (primary N) is 1. The highest BCUT2D eigenvalue weighted by Gasteiger charge is 2.24. The molecule has 9 nitrogen and oxygen atoms in total. The molecule has 11 heteroatoms. The standard InChI is InChI=1S/C33H40Cl2N6O3/c34-27-10-6-11-28(35)26(27)19-39-32-31(36)38-20-29(40-32)22-13-15-23(16-14-22)33(43)41-18-17-37-24(21-41)7-2-1-3-12-30(42)44-25-8-4-5-9-25/h6,10-11,13-16,20,24-25,37H,1-5,7-9,12,17-19,21H2,(H2,36,38)(H,39,40). The summed E-state index contributed by atoms with van der Waals surface area (Å²) in [5.74, 6) is 0.642. The molecule has 0 spiro atoms. The van der Waals surface area contributed by atoms with Crippen LogP contribution in [-0.4, -0.2) is 58.5 Å². The summed E-state index contributed by atoms with van der Waals surface area (Å²) in [5.41, 5.74) is 8.89. The average Bonchev–Trinajstić information content (AvgIpc) is 3.54. The van der Waals surface area contributed by atoms with Crippen LogP contribution in [0.3, 0.4) is 0 Å². The minimum Gasteiger partial charge on any atom is -0.462 e. The summed E-state index contributed by atoms with van der Waals surface area (Å²) in [6.07, 6.45) is 10.4. The van der Waals surface area contributed by atoms with Crippen molar-refractivity contribution < 1.29 is 14.3 Å². The van der Waals surface area contributed by atoms with Crippen LogP contribution in [0.5, 0.6) is 0 Å². The Labute approximate surface area is 268 Å².